The molecule has 0 aliphatic carbocycles. The first-order chi connectivity index (χ1) is 8.45. The van der Waals surface area contributed by atoms with E-state index in [9.17, 15) is 4.21 Å². The highest BCUT2D eigenvalue weighted by Crippen LogP contribution is 2.22. The van der Waals surface area contributed by atoms with E-state index < -0.39 is 11.0 Å². The SMILES string of the molecule is CC(C)(C)[S@@](=O)N=C(CCCCl)C1CCOCC1. The topological polar surface area (TPSA) is 38.7 Å². The van der Waals surface area contributed by atoms with Gasteiger partial charge in [0.1, 0.15) is 11.0 Å². The van der Waals surface area contributed by atoms with Crippen molar-refractivity contribution in [2.24, 2.45) is 10.3 Å². The Bertz CT molecular complexity index is 307. The van der Waals surface area contributed by atoms with Crippen LogP contribution >= 0.6 is 11.6 Å². The normalized spacial score (nSPS) is 21.0. The predicted octanol–water partition coefficient (Wildman–Crippen LogP) is 3.34. The summed E-state index contributed by atoms with van der Waals surface area (Å²) in [7, 11) is -1.17. The minimum absolute atomic E-state index is 0.294. The Morgan fingerprint density at radius 1 is 1.39 bits per heavy atom. The van der Waals surface area contributed by atoms with Crippen molar-refractivity contribution >= 4 is 28.3 Å². The summed E-state index contributed by atoms with van der Waals surface area (Å²) in [6, 6.07) is 0. The molecule has 1 rings (SSSR count). The molecule has 0 spiro atoms. The second kappa shape index (κ2) is 7.61. The molecule has 5 heteroatoms. The maximum atomic E-state index is 12.1. The van der Waals surface area contributed by atoms with Crippen molar-refractivity contribution in [3.8, 4) is 0 Å². The molecule has 0 aromatic rings. The van der Waals surface area contributed by atoms with E-state index in [1.807, 2.05) is 20.8 Å². The van der Waals surface area contributed by atoms with Gasteiger partial charge in [0.05, 0.1) is 4.75 Å². The molecule has 1 aliphatic rings. The van der Waals surface area contributed by atoms with Crippen LogP contribution in [-0.4, -0.2) is 33.8 Å². The molecular weight excluding hydrogens is 270 g/mol. The highest BCUT2D eigenvalue weighted by molar-refractivity contribution is 7.85. The van der Waals surface area contributed by atoms with Gasteiger partial charge in [0.15, 0.2) is 0 Å². The Hall–Kier alpha value is 0.0700. The van der Waals surface area contributed by atoms with Crippen LogP contribution in [0.2, 0.25) is 0 Å². The zero-order valence-electron chi connectivity index (χ0n) is 11.6. The van der Waals surface area contributed by atoms with E-state index in [2.05, 4.69) is 4.40 Å². The molecule has 0 aromatic heterocycles. The molecule has 0 aromatic carbocycles. The van der Waals surface area contributed by atoms with Crippen molar-refractivity contribution in [3.63, 3.8) is 0 Å². The van der Waals surface area contributed by atoms with Gasteiger partial charge in [-0.3, -0.25) is 0 Å². The zero-order chi connectivity index (χ0) is 13.6. The number of hydrogen-bond donors (Lipinski definition) is 0. The zero-order valence-corrected chi connectivity index (χ0v) is 13.1. The second-order valence-corrected chi connectivity index (χ2v) is 7.91. The van der Waals surface area contributed by atoms with Crippen molar-refractivity contribution in [1.29, 1.82) is 0 Å². The fourth-order valence-corrected chi connectivity index (χ4v) is 2.71. The molecule has 1 heterocycles. The molecule has 18 heavy (non-hydrogen) atoms. The fourth-order valence-electron chi connectivity index (χ4n) is 1.85. The Morgan fingerprint density at radius 3 is 2.50 bits per heavy atom. The summed E-state index contributed by atoms with van der Waals surface area (Å²) in [5.41, 5.74) is 1.08. The molecule has 0 radical (unpaired) electrons. The Balaban J connectivity index is 2.75. The number of rotatable bonds is 5. The highest BCUT2D eigenvalue weighted by Gasteiger charge is 2.24. The number of hydrogen-bond acceptors (Lipinski definition) is 2. The molecule has 1 atom stereocenters. The highest BCUT2D eigenvalue weighted by atomic mass is 35.5. The van der Waals surface area contributed by atoms with Gasteiger partial charge in [-0.25, -0.2) is 4.21 Å². The Labute approximate surface area is 118 Å². The minimum Gasteiger partial charge on any atom is -0.381 e. The quantitative estimate of drug-likeness (QED) is 0.576. The largest absolute Gasteiger partial charge is 0.381 e. The Morgan fingerprint density at radius 2 is 2.00 bits per heavy atom. The van der Waals surface area contributed by atoms with Gasteiger partial charge in [0.25, 0.3) is 0 Å². The van der Waals surface area contributed by atoms with E-state index in [0.29, 0.717) is 11.8 Å². The molecule has 1 aliphatic heterocycles. The van der Waals surface area contributed by atoms with Crippen molar-refractivity contribution < 1.29 is 8.95 Å². The molecule has 1 saturated heterocycles. The lowest BCUT2D eigenvalue weighted by molar-refractivity contribution is 0.0824. The molecule has 1 fully saturated rings. The maximum Gasteiger partial charge on any atom is 0.144 e. The van der Waals surface area contributed by atoms with Gasteiger partial charge in [-0.15, -0.1) is 11.6 Å². The molecule has 106 valence electrons. The van der Waals surface area contributed by atoms with Crippen LogP contribution in [0.5, 0.6) is 0 Å². The molecular formula is C13H24ClNO2S. The summed E-state index contributed by atoms with van der Waals surface area (Å²) in [4.78, 5) is 0. The van der Waals surface area contributed by atoms with Gasteiger partial charge < -0.3 is 4.74 Å². The molecule has 0 amide bonds. The third-order valence-corrected chi connectivity index (χ3v) is 4.70. The monoisotopic (exact) mass is 293 g/mol. The van der Waals surface area contributed by atoms with Crippen LogP contribution in [0.15, 0.2) is 4.40 Å². The molecule has 0 saturated carbocycles. The van der Waals surface area contributed by atoms with Crippen LogP contribution in [0.1, 0.15) is 46.5 Å². The molecule has 0 unspecified atom stereocenters. The van der Waals surface area contributed by atoms with Crippen molar-refractivity contribution in [2.75, 3.05) is 19.1 Å². The third-order valence-electron chi connectivity index (χ3n) is 2.98. The first kappa shape index (κ1) is 16.1. The molecule has 0 N–H and O–H groups in total. The Kier molecular flexibility index (Phi) is 6.82. The summed E-state index contributed by atoms with van der Waals surface area (Å²) >= 11 is 5.76. The van der Waals surface area contributed by atoms with Crippen LogP contribution in [0, 0.1) is 5.92 Å². The van der Waals surface area contributed by atoms with Gasteiger partial charge in [0.2, 0.25) is 0 Å². The predicted molar refractivity (Wildman–Crippen MR) is 78.8 cm³/mol. The van der Waals surface area contributed by atoms with Gasteiger partial charge in [0, 0.05) is 30.7 Å². The summed E-state index contributed by atoms with van der Waals surface area (Å²) in [5, 5.41) is 0. The van der Waals surface area contributed by atoms with Crippen LogP contribution in [0.25, 0.3) is 0 Å². The number of halogens is 1. The summed E-state index contributed by atoms with van der Waals surface area (Å²) in [6.07, 6.45) is 3.74. The summed E-state index contributed by atoms with van der Waals surface area (Å²) in [5.74, 6) is 1.05. The lowest BCUT2D eigenvalue weighted by Gasteiger charge is -2.24. The van der Waals surface area contributed by atoms with Crippen LogP contribution in [0.3, 0.4) is 0 Å². The van der Waals surface area contributed by atoms with E-state index >= 15 is 0 Å². The first-order valence-corrected chi connectivity index (χ1v) is 8.22. The van der Waals surface area contributed by atoms with E-state index in [-0.39, 0.29) is 4.75 Å². The smallest absolute Gasteiger partial charge is 0.144 e. The minimum atomic E-state index is -1.17. The number of alkyl halides is 1. The van der Waals surface area contributed by atoms with E-state index in [1.54, 1.807) is 0 Å². The van der Waals surface area contributed by atoms with Crippen LogP contribution in [0.4, 0.5) is 0 Å². The summed E-state index contributed by atoms with van der Waals surface area (Å²) < 4.78 is 21.7. The third kappa shape index (κ3) is 5.37. The first-order valence-electron chi connectivity index (χ1n) is 6.58. The van der Waals surface area contributed by atoms with E-state index in [1.165, 1.54) is 0 Å². The summed E-state index contributed by atoms with van der Waals surface area (Å²) in [6.45, 7) is 7.43. The number of nitrogens with zero attached hydrogens (tertiary/aromatic N) is 1. The van der Waals surface area contributed by atoms with Gasteiger partial charge in [-0.05, 0) is 46.5 Å². The van der Waals surface area contributed by atoms with Crippen molar-refractivity contribution in [3.05, 3.63) is 0 Å². The standard InChI is InChI=1S/C13H24ClNO2S/c1-13(2,3)18(16)15-12(5-4-8-14)11-6-9-17-10-7-11/h11H,4-10H2,1-3H3/t18-/m1/s1. The van der Waals surface area contributed by atoms with Gasteiger partial charge in [-0.2, -0.15) is 4.40 Å². The van der Waals surface area contributed by atoms with Crippen LogP contribution < -0.4 is 0 Å². The molecule has 3 nitrogen and oxygen atoms in total. The molecule has 0 bridgehead atoms. The van der Waals surface area contributed by atoms with Crippen LogP contribution in [-0.2, 0) is 15.7 Å². The van der Waals surface area contributed by atoms with E-state index in [4.69, 9.17) is 16.3 Å². The average molecular weight is 294 g/mol. The van der Waals surface area contributed by atoms with Gasteiger partial charge >= 0.3 is 0 Å². The van der Waals surface area contributed by atoms with Crippen molar-refractivity contribution in [2.45, 2.75) is 51.2 Å². The van der Waals surface area contributed by atoms with Crippen molar-refractivity contribution in [1.82, 2.24) is 0 Å². The average Bonchev–Trinajstić information content (AvgIpc) is 2.34. The second-order valence-electron chi connectivity index (χ2n) is 5.62. The number of ether oxygens (including phenoxy) is 1. The fraction of sp³-hybridized carbons (Fsp3) is 0.923. The lowest BCUT2D eigenvalue weighted by Crippen LogP contribution is -2.27. The van der Waals surface area contributed by atoms with E-state index in [0.717, 1.165) is 44.6 Å². The maximum absolute atomic E-state index is 12.1. The van der Waals surface area contributed by atoms with Gasteiger partial charge in [-0.1, -0.05) is 0 Å². The lowest BCUT2D eigenvalue weighted by atomic mass is 9.92.